The molecule has 0 radical (unpaired) electrons. The lowest BCUT2D eigenvalue weighted by atomic mass is 10.1. The highest BCUT2D eigenvalue weighted by atomic mass is 35.5. The Balaban J connectivity index is 2.04. The van der Waals surface area contributed by atoms with Gasteiger partial charge >= 0.3 is 0 Å². The van der Waals surface area contributed by atoms with Crippen molar-refractivity contribution in [1.29, 1.82) is 0 Å². The molecular weight excluding hydrogens is 402 g/mol. The minimum absolute atomic E-state index is 0.176. The Bertz CT molecular complexity index is 1010. The number of hydrogen-bond donors (Lipinski definition) is 1. The molecule has 1 heterocycles. The Morgan fingerprint density at radius 3 is 2.46 bits per heavy atom. The van der Waals surface area contributed by atoms with Crippen LogP contribution >= 0.6 is 11.6 Å². The molecule has 2 amide bonds. The first-order valence-corrected chi connectivity index (χ1v) is 10.9. The van der Waals surface area contributed by atoms with E-state index >= 15 is 0 Å². The zero-order chi connectivity index (χ0) is 20.5. The first-order valence-electron chi connectivity index (χ1n) is 8.67. The number of carbonyl (C=O) groups is 2. The van der Waals surface area contributed by atoms with Gasteiger partial charge in [-0.25, -0.2) is 8.42 Å². The zero-order valence-electron chi connectivity index (χ0n) is 15.4. The van der Waals surface area contributed by atoms with E-state index in [4.69, 9.17) is 11.6 Å². The van der Waals surface area contributed by atoms with Crippen LogP contribution in [0.25, 0.3) is 0 Å². The Hall–Kier alpha value is -2.58. The van der Waals surface area contributed by atoms with E-state index in [9.17, 15) is 18.0 Å². The molecule has 2 aromatic rings. The van der Waals surface area contributed by atoms with E-state index < -0.39 is 22.0 Å². The first-order chi connectivity index (χ1) is 13.2. The molecule has 1 unspecified atom stereocenters. The number of rotatable bonds is 5. The van der Waals surface area contributed by atoms with Gasteiger partial charge in [0, 0.05) is 5.02 Å². The molecule has 0 spiro atoms. The summed E-state index contributed by atoms with van der Waals surface area (Å²) in [5.74, 6) is -0.801. The number of benzene rings is 2. The minimum atomic E-state index is -3.77. The maximum atomic E-state index is 13.4. The van der Waals surface area contributed by atoms with E-state index in [-0.39, 0.29) is 18.9 Å². The van der Waals surface area contributed by atoms with Crippen molar-refractivity contribution in [2.24, 2.45) is 0 Å². The number of para-hydroxylation sites is 2. The molecular formula is C19H20ClN3O4S. The monoisotopic (exact) mass is 421 g/mol. The second kappa shape index (κ2) is 7.81. The third-order valence-electron chi connectivity index (χ3n) is 4.43. The molecule has 148 valence electrons. The van der Waals surface area contributed by atoms with Gasteiger partial charge in [-0.1, -0.05) is 30.7 Å². The summed E-state index contributed by atoms with van der Waals surface area (Å²) < 4.78 is 26.2. The highest BCUT2D eigenvalue weighted by molar-refractivity contribution is 7.92. The molecule has 7 nitrogen and oxygen atoms in total. The number of nitrogens with one attached hydrogen (secondary N) is 1. The van der Waals surface area contributed by atoms with Gasteiger partial charge in [0.05, 0.1) is 23.3 Å². The Kier molecular flexibility index (Phi) is 5.62. The average molecular weight is 422 g/mol. The van der Waals surface area contributed by atoms with E-state index in [2.05, 4.69) is 5.32 Å². The first kappa shape index (κ1) is 20.2. The fourth-order valence-electron chi connectivity index (χ4n) is 3.24. The van der Waals surface area contributed by atoms with Crippen molar-refractivity contribution in [3.8, 4) is 0 Å². The van der Waals surface area contributed by atoms with Gasteiger partial charge in [-0.3, -0.25) is 18.8 Å². The lowest BCUT2D eigenvalue weighted by Gasteiger charge is -2.36. The summed E-state index contributed by atoms with van der Waals surface area (Å²) in [6.07, 6.45) is 1.28. The van der Waals surface area contributed by atoms with Gasteiger partial charge in [-0.2, -0.15) is 0 Å². The van der Waals surface area contributed by atoms with Gasteiger partial charge in [0.1, 0.15) is 12.6 Å². The molecule has 1 aliphatic rings. The largest absolute Gasteiger partial charge is 0.323 e. The Morgan fingerprint density at radius 1 is 1.21 bits per heavy atom. The fraction of sp³-hybridized carbons (Fsp3) is 0.263. The standard InChI is InChI=1S/C19H20ClN3O4S/c1-3-16(23(28(2,26)27)14-10-8-13(20)9-11-14)19(25)22-12-18(24)21-15-6-4-5-7-17(15)22/h4-11,16H,3,12H2,1-2H3,(H,21,24). The molecule has 0 fully saturated rings. The smallest absolute Gasteiger partial charge is 0.251 e. The van der Waals surface area contributed by atoms with Gasteiger partial charge in [-0.15, -0.1) is 0 Å². The van der Waals surface area contributed by atoms with E-state index in [1.807, 2.05) is 0 Å². The molecule has 0 saturated carbocycles. The zero-order valence-corrected chi connectivity index (χ0v) is 17.0. The van der Waals surface area contributed by atoms with Crippen LogP contribution in [-0.2, 0) is 19.6 Å². The second-order valence-corrected chi connectivity index (χ2v) is 8.74. The Morgan fingerprint density at radius 2 is 1.86 bits per heavy atom. The van der Waals surface area contributed by atoms with Crippen LogP contribution in [0.1, 0.15) is 13.3 Å². The van der Waals surface area contributed by atoms with Gasteiger partial charge in [0.15, 0.2) is 0 Å². The van der Waals surface area contributed by atoms with Crippen molar-refractivity contribution in [3.05, 3.63) is 53.6 Å². The topological polar surface area (TPSA) is 86.8 Å². The second-order valence-electron chi connectivity index (χ2n) is 6.45. The predicted molar refractivity (Wildman–Crippen MR) is 110 cm³/mol. The van der Waals surface area contributed by atoms with Crippen molar-refractivity contribution < 1.29 is 18.0 Å². The summed E-state index contributed by atoms with van der Waals surface area (Å²) in [5.41, 5.74) is 1.39. The van der Waals surface area contributed by atoms with Gasteiger partial charge < -0.3 is 5.32 Å². The molecule has 1 N–H and O–H groups in total. The van der Waals surface area contributed by atoms with Crippen LogP contribution in [0.2, 0.25) is 5.02 Å². The lowest BCUT2D eigenvalue weighted by Crippen LogP contribution is -2.53. The number of hydrogen-bond acceptors (Lipinski definition) is 4. The number of anilines is 3. The van der Waals surface area contributed by atoms with E-state index in [0.29, 0.717) is 22.1 Å². The van der Waals surface area contributed by atoms with Gasteiger partial charge in [0.25, 0.3) is 5.91 Å². The molecule has 2 aromatic carbocycles. The lowest BCUT2D eigenvalue weighted by molar-refractivity contribution is -0.122. The van der Waals surface area contributed by atoms with Crippen LogP contribution in [0.5, 0.6) is 0 Å². The molecule has 0 aromatic heterocycles. The van der Waals surface area contributed by atoms with Crippen LogP contribution in [-0.4, -0.2) is 39.1 Å². The average Bonchev–Trinajstić information content (AvgIpc) is 2.65. The number of sulfonamides is 1. The number of fused-ring (bicyclic) bond motifs is 1. The van der Waals surface area contributed by atoms with Crippen LogP contribution in [0.3, 0.4) is 0 Å². The van der Waals surface area contributed by atoms with Crippen molar-refractivity contribution in [2.45, 2.75) is 19.4 Å². The summed E-state index contributed by atoms with van der Waals surface area (Å²) >= 11 is 5.91. The molecule has 1 atom stereocenters. The summed E-state index contributed by atoms with van der Waals surface area (Å²) in [6.45, 7) is 1.55. The molecule has 0 saturated heterocycles. The normalized spacial score (nSPS) is 14.8. The maximum absolute atomic E-state index is 13.4. The van der Waals surface area contributed by atoms with Gasteiger partial charge in [-0.05, 0) is 42.8 Å². The molecule has 0 aliphatic carbocycles. The predicted octanol–water partition coefficient (Wildman–Crippen LogP) is 2.87. The molecule has 3 rings (SSSR count). The molecule has 1 aliphatic heterocycles. The van der Waals surface area contributed by atoms with E-state index in [0.717, 1.165) is 10.6 Å². The van der Waals surface area contributed by atoms with Crippen molar-refractivity contribution in [2.75, 3.05) is 27.3 Å². The minimum Gasteiger partial charge on any atom is -0.323 e. The number of halogens is 1. The highest BCUT2D eigenvalue weighted by Crippen LogP contribution is 2.32. The van der Waals surface area contributed by atoms with Gasteiger partial charge in [0.2, 0.25) is 15.9 Å². The quantitative estimate of drug-likeness (QED) is 0.804. The summed E-state index contributed by atoms with van der Waals surface area (Å²) in [5, 5.41) is 3.18. The van der Waals surface area contributed by atoms with E-state index in [1.165, 1.54) is 4.90 Å². The molecule has 28 heavy (non-hydrogen) atoms. The maximum Gasteiger partial charge on any atom is 0.251 e. The number of carbonyl (C=O) groups excluding carboxylic acids is 2. The molecule has 9 heteroatoms. The van der Waals surface area contributed by atoms with E-state index in [1.54, 1.807) is 55.5 Å². The number of amides is 2. The van der Waals surface area contributed by atoms with Crippen LogP contribution in [0.15, 0.2) is 48.5 Å². The summed E-state index contributed by atoms with van der Waals surface area (Å²) in [7, 11) is -3.77. The highest BCUT2D eigenvalue weighted by Gasteiger charge is 2.37. The molecule has 0 bridgehead atoms. The summed E-state index contributed by atoms with van der Waals surface area (Å²) in [4.78, 5) is 26.8. The summed E-state index contributed by atoms with van der Waals surface area (Å²) in [6, 6.07) is 12.1. The van der Waals surface area contributed by atoms with Crippen molar-refractivity contribution >= 4 is 50.5 Å². The van der Waals surface area contributed by atoms with Crippen molar-refractivity contribution in [1.82, 2.24) is 0 Å². The number of nitrogens with zero attached hydrogens (tertiary/aromatic N) is 2. The van der Waals surface area contributed by atoms with Crippen LogP contribution in [0.4, 0.5) is 17.1 Å². The third-order valence-corrected chi connectivity index (χ3v) is 5.86. The Labute approximate surface area is 168 Å². The SMILES string of the molecule is CCC(C(=O)N1CC(=O)Nc2ccccc21)N(c1ccc(Cl)cc1)S(C)(=O)=O. The van der Waals surface area contributed by atoms with Crippen molar-refractivity contribution in [3.63, 3.8) is 0 Å². The fourth-order valence-corrected chi connectivity index (χ4v) is 4.57. The van der Waals surface area contributed by atoms with Crippen LogP contribution in [0, 0.1) is 0 Å². The third kappa shape index (κ3) is 3.98. The van der Waals surface area contributed by atoms with Crippen LogP contribution < -0.4 is 14.5 Å².